The lowest BCUT2D eigenvalue weighted by Gasteiger charge is -2.11. The third-order valence-electron chi connectivity index (χ3n) is 0.943. The first-order valence-electron chi connectivity index (χ1n) is 2.99. The largest absolute Gasteiger partial charge is 0.440 e. The Bertz CT molecular complexity index is 190. The van der Waals surface area contributed by atoms with Gasteiger partial charge in [0.05, 0.1) is 0 Å². The summed E-state index contributed by atoms with van der Waals surface area (Å²) in [5.41, 5.74) is 10.1. The van der Waals surface area contributed by atoms with Crippen molar-refractivity contribution in [2.75, 3.05) is 5.75 Å². The second kappa shape index (κ2) is 5.60. The first-order chi connectivity index (χ1) is 5.49. The molecule has 4 N–H and O–H groups in total. The number of thiol groups is 1. The number of primary amides is 1. The van der Waals surface area contributed by atoms with Crippen LogP contribution in [-0.4, -0.2) is 27.8 Å². The lowest BCUT2D eigenvalue weighted by molar-refractivity contribution is -0.149. The maximum absolute atomic E-state index is 10.9. The van der Waals surface area contributed by atoms with Gasteiger partial charge in [-0.25, -0.2) is 0 Å². The third kappa shape index (κ3) is 4.12. The van der Waals surface area contributed by atoms with Crippen LogP contribution in [0.4, 0.5) is 0 Å². The number of esters is 1. The summed E-state index contributed by atoms with van der Waals surface area (Å²) in [7, 11) is 0. The Labute approximate surface area is 88.7 Å². The van der Waals surface area contributed by atoms with E-state index in [1.165, 1.54) is 0 Å². The summed E-state index contributed by atoms with van der Waals surface area (Å²) in [5, 5.41) is 0. The molecule has 0 radical (unpaired) electrons. The van der Waals surface area contributed by atoms with Crippen molar-refractivity contribution in [2.24, 2.45) is 11.5 Å². The maximum atomic E-state index is 10.9. The van der Waals surface area contributed by atoms with E-state index in [4.69, 9.17) is 11.5 Å². The van der Waals surface area contributed by atoms with Crippen LogP contribution < -0.4 is 11.5 Å². The molecule has 2 atom stereocenters. The number of carbonyl (C=O) groups is 2. The number of ether oxygens (including phenoxy) is 1. The summed E-state index contributed by atoms with van der Waals surface area (Å²) in [6.45, 7) is 0. The number of nitrogens with two attached hydrogens (primary N) is 2. The summed E-state index contributed by atoms with van der Waals surface area (Å²) >= 11 is 5.38. The first kappa shape index (κ1) is 12.0. The molecule has 70 valence electrons. The molecule has 0 aliphatic heterocycles. The van der Waals surface area contributed by atoms with E-state index < -0.39 is 22.0 Å². The van der Waals surface area contributed by atoms with Gasteiger partial charge in [-0.2, -0.15) is 12.6 Å². The van der Waals surface area contributed by atoms with Crippen molar-refractivity contribution in [1.29, 1.82) is 0 Å². The van der Waals surface area contributed by atoms with Crippen LogP contribution in [0.3, 0.4) is 0 Å². The Morgan fingerprint density at radius 2 is 2.08 bits per heavy atom. The predicted octanol–water partition coefficient (Wildman–Crippen LogP) is -0.967. The molecule has 0 heterocycles. The van der Waals surface area contributed by atoms with Crippen LogP contribution in [0.2, 0.25) is 0 Å². The van der Waals surface area contributed by atoms with Gasteiger partial charge in [-0.05, 0) is 22.6 Å². The smallest absolute Gasteiger partial charge is 0.325 e. The van der Waals surface area contributed by atoms with Gasteiger partial charge in [-0.15, -0.1) is 0 Å². The SMILES string of the molecule is NC(=O)C(I)OC(=O)[C@@H](N)CS. The second-order valence-electron chi connectivity index (χ2n) is 1.94. The van der Waals surface area contributed by atoms with E-state index in [1.54, 1.807) is 22.6 Å². The summed E-state index contributed by atoms with van der Waals surface area (Å²) in [5.74, 6) is -1.22. The van der Waals surface area contributed by atoms with E-state index in [0.29, 0.717) is 0 Å². The monoisotopic (exact) mass is 304 g/mol. The molecule has 1 amide bonds. The average Bonchev–Trinajstić information content (AvgIpc) is 2.02. The number of amides is 1. The molecule has 7 heteroatoms. The van der Waals surface area contributed by atoms with Crippen molar-refractivity contribution in [3.05, 3.63) is 0 Å². The molecule has 12 heavy (non-hydrogen) atoms. The molecule has 0 saturated carbocycles. The highest BCUT2D eigenvalue weighted by molar-refractivity contribution is 14.1. The minimum atomic E-state index is -0.971. The zero-order valence-corrected chi connectivity index (χ0v) is 9.12. The van der Waals surface area contributed by atoms with Crippen LogP contribution in [0.25, 0.3) is 0 Å². The van der Waals surface area contributed by atoms with E-state index in [-0.39, 0.29) is 5.75 Å². The topological polar surface area (TPSA) is 95.4 Å². The number of hydrogen-bond donors (Lipinski definition) is 3. The quantitative estimate of drug-likeness (QED) is 0.270. The molecule has 0 saturated heterocycles. The zero-order chi connectivity index (χ0) is 9.72. The molecule has 0 aliphatic carbocycles. The second-order valence-corrected chi connectivity index (χ2v) is 3.44. The van der Waals surface area contributed by atoms with Gasteiger partial charge in [0.1, 0.15) is 6.04 Å². The van der Waals surface area contributed by atoms with Gasteiger partial charge >= 0.3 is 5.97 Å². The number of halogens is 1. The van der Waals surface area contributed by atoms with Crippen LogP contribution in [0, 0.1) is 0 Å². The molecule has 0 fully saturated rings. The molecule has 0 spiro atoms. The molecule has 0 bridgehead atoms. The van der Waals surface area contributed by atoms with Crippen LogP contribution in [0.15, 0.2) is 0 Å². The predicted molar refractivity (Wildman–Crippen MR) is 54.9 cm³/mol. The average molecular weight is 304 g/mol. The molecule has 0 aromatic rings. The first-order valence-corrected chi connectivity index (χ1v) is 4.87. The lowest BCUT2D eigenvalue weighted by atomic mass is 10.4. The Morgan fingerprint density at radius 3 is 2.42 bits per heavy atom. The van der Waals surface area contributed by atoms with Crippen molar-refractivity contribution in [3.63, 3.8) is 0 Å². The fourth-order valence-corrected chi connectivity index (χ4v) is 0.722. The number of rotatable bonds is 4. The molecule has 0 rings (SSSR count). The molecule has 0 aromatic heterocycles. The normalized spacial score (nSPS) is 14.9. The molecule has 5 nitrogen and oxygen atoms in total. The molecule has 1 unspecified atom stereocenters. The standard InChI is InChI=1S/C5H9IN2O3S/c6-3(4(8)9)11-5(10)2(7)1-12/h2-3,12H,1,7H2,(H2,8,9)/t2-,3?/m0/s1. The van der Waals surface area contributed by atoms with Crippen molar-refractivity contribution < 1.29 is 14.3 Å². The Hall–Kier alpha value is -0.0200. The van der Waals surface area contributed by atoms with Crippen LogP contribution >= 0.6 is 35.2 Å². The fraction of sp³-hybridized carbons (Fsp3) is 0.600. The van der Waals surface area contributed by atoms with Crippen LogP contribution in [-0.2, 0) is 14.3 Å². The maximum Gasteiger partial charge on any atom is 0.325 e. The van der Waals surface area contributed by atoms with Crippen LogP contribution in [0.5, 0.6) is 0 Å². The summed E-state index contributed by atoms with van der Waals surface area (Å²) in [4.78, 5) is 21.3. The van der Waals surface area contributed by atoms with E-state index in [1.807, 2.05) is 0 Å². The summed E-state index contributed by atoms with van der Waals surface area (Å²) in [6.07, 6.45) is 0. The zero-order valence-electron chi connectivity index (χ0n) is 6.07. The van der Waals surface area contributed by atoms with Gasteiger partial charge < -0.3 is 16.2 Å². The molecule has 0 aliphatic rings. The number of carbonyl (C=O) groups excluding carboxylic acids is 2. The highest BCUT2D eigenvalue weighted by Crippen LogP contribution is 2.03. The summed E-state index contributed by atoms with van der Waals surface area (Å²) in [6, 6.07) is -0.815. The number of hydrogen-bond acceptors (Lipinski definition) is 5. The van der Waals surface area contributed by atoms with E-state index >= 15 is 0 Å². The minimum absolute atomic E-state index is 0.168. The van der Waals surface area contributed by atoms with Gasteiger partial charge in [0, 0.05) is 5.75 Å². The van der Waals surface area contributed by atoms with Gasteiger partial charge in [0.15, 0.2) is 0 Å². The Balaban J connectivity index is 3.92. The third-order valence-corrected chi connectivity index (χ3v) is 2.20. The lowest BCUT2D eigenvalue weighted by Crippen LogP contribution is -2.38. The minimum Gasteiger partial charge on any atom is -0.440 e. The van der Waals surface area contributed by atoms with Gasteiger partial charge in [0.2, 0.25) is 4.11 Å². The van der Waals surface area contributed by atoms with E-state index in [0.717, 1.165) is 0 Å². The Kier molecular flexibility index (Phi) is 5.59. The molecular weight excluding hydrogens is 295 g/mol. The fourth-order valence-electron chi connectivity index (χ4n) is 0.322. The highest BCUT2D eigenvalue weighted by Gasteiger charge is 2.20. The van der Waals surface area contributed by atoms with E-state index in [9.17, 15) is 9.59 Å². The summed E-state index contributed by atoms with van der Waals surface area (Å²) < 4.78 is 3.59. The molecular formula is C5H9IN2O3S. The van der Waals surface area contributed by atoms with Crippen molar-refractivity contribution in [2.45, 2.75) is 10.2 Å². The van der Waals surface area contributed by atoms with Crippen molar-refractivity contribution >= 4 is 47.1 Å². The highest BCUT2D eigenvalue weighted by atomic mass is 127. The molecule has 0 aromatic carbocycles. The van der Waals surface area contributed by atoms with E-state index in [2.05, 4.69) is 17.4 Å². The van der Waals surface area contributed by atoms with Crippen molar-refractivity contribution in [1.82, 2.24) is 0 Å². The Morgan fingerprint density at radius 1 is 1.58 bits per heavy atom. The number of alkyl halides is 1. The van der Waals surface area contributed by atoms with Crippen molar-refractivity contribution in [3.8, 4) is 0 Å². The van der Waals surface area contributed by atoms with Gasteiger partial charge in [-0.1, -0.05) is 0 Å². The van der Waals surface area contributed by atoms with Gasteiger partial charge in [0.25, 0.3) is 5.91 Å². The van der Waals surface area contributed by atoms with Crippen LogP contribution in [0.1, 0.15) is 0 Å². The van der Waals surface area contributed by atoms with Gasteiger partial charge in [-0.3, -0.25) is 9.59 Å².